The first kappa shape index (κ1) is 15.8. The number of hydrogen-bond donors (Lipinski definition) is 1. The van der Waals surface area contributed by atoms with Crippen LogP contribution in [0.25, 0.3) is 0 Å². The van der Waals surface area contributed by atoms with Crippen LogP contribution >= 0.6 is 11.8 Å². The second kappa shape index (κ2) is 8.05. The minimum Gasteiger partial charge on any atom is -0.396 e. The molecule has 0 spiro atoms. The molecule has 3 atom stereocenters. The van der Waals surface area contributed by atoms with Gasteiger partial charge in [-0.3, -0.25) is 4.79 Å². The minimum atomic E-state index is 0.205. The van der Waals surface area contributed by atoms with E-state index < -0.39 is 0 Å². The maximum atomic E-state index is 12.1. The normalized spacial score (nSPS) is 25.8. The van der Waals surface area contributed by atoms with Gasteiger partial charge in [0.25, 0.3) is 0 Å². The van der Waals surface area contributed by atoms with Gasteiger partial charge in [-0.25, -0.2) is 0 Å². The Morgan fingerprint density at radius 2 is 2.11 bits per heavy atom. The lowest BCUT2D eigenvalue weighted by molar-refractivity contribution is -0.130. The van der Waals surface area contributed by atoms with Crippen molar-refractivity contribution in [1.29, 1.82) is 0 Å². The molecule has 4 heteroatoms. The van der Waals surface area contributed by atoms with Crippen molar-refractivity contribution in [2.24, 2.45) is 11.8 Å². The lowest BCUT2D eigenvalue weighted by Crippen LogP contribution is -2.43. The molecule has 1 fully saturated rings. The summed E-state index contributed by atoms with van der Waals surface area (Å²) < 4.78 is 0. The zero-order valence-electron chi connectivity index (χ0n) is 11.9. The molecule has 0 aromatic carbocycles. The smallest absolute Gasteiger partial charge is 0.232 e. The molecular formula is C14H27NO2S. The molecule has 1 aliphatic carbocycles. The van der Waals surface area contributed by atoms with E-state index >= 15 is 0 Å². The van der Waals surface area contributed by atoms with Crippen molar-refractivity contribution < 1.29 is 9.90 Å². The summed E-state index contributed by atoms with van der Waals surface area (Å²) in [6.45, 7) is 4.47. The van der Waals surface area contributed by atoms with E-state index in [4.69, 9.17) is 5.11 Å². The summed E-state index contributed by atoms with van der Waals surface area (Å²) in [5.41, 5.74) is 0. The van der Waals surface area contributed by atoms with Gasteiger partial charge in [0, 0.05) is 19.7 Å². The van der Waals surface area contributed by atoms with E-state index in [0.29, 0.717) is 17.7 Å². The molecule has 1 N–H and O–H groups in total. The highest BCUT2D eigenvalue weighted by Gasteiger charge is 2.27. The van der Waals surface area contributed by atoms with Gasteiger partial charge >= 0.3 is 0 Å². The van der Waals surface area contributed by atoms with Gasteiger partial charge in [0.15, 0.2) is 0 Å². The Hall–Kier alpha value is -0.220. The van der Waals surface area contributed by atoms with Gasteiger partial charge in [0.1, 0.15) is 0 Å². The maximum Gasteiger partial charge on any atom is 0.232 e. The number of amides is 1. The van der Waals surface area contributed by atoms with Crippen LogP contribution < -0.4 is 0 Å². The zero-order valence-corrected chi connectivity index (χ0v) is 12.7. The number of carbonyl (C=O) groups is 1. The van der Waals surface area contributed by atoms with Gasteiger partial charge < -0.3 is 10.0 Å². The topological polar surface area (TPSA) is 40.5 Å². The molecule has 0 radical (unpaired) electrons. The van der Waals surface area contributed by atoms with Crippen molar-refractivity contribution in [3.05, 3.63) is 0 Å². The molecule has 1 rings (SSSR count). The molecule has 0 aromatic heterocycles. The molecule has 1 amide bonds. The van der Waals surface area contributed by atoms with Crippen molar-refractivity contribution in [2.45, 2.75) is 45.6 Å². The van der Waals surface area contributed by atoms with Crippen molar-refractivity contribution >= 4 is 17.7 Å². The zero-order chi connectivity index (χ0) is 13.5. The third-order valence-corrected chi connectivity index (χ3v) is 5.15. The molecule has 1 aliphatic rings. The monoisotopic (exact) mass is 273 g/mol. The fourth-order valence-corrected chi connectivity index (χ4v) is 3.56. The number of aliphatic hydroxyl groups is 1. The number of hydrogen-bond acceptors (Lipinski definition) is 3. The Bertz CT molecular complexity index is 260. The van der Waals surface area contributed by atoms with Crippen LogP contribution in [0.15, 0.2) is 0 Å². The number of rotatable bonds is 6. The van der Waals surface area contributed by atoms with E-state index in [0.717, 1.165) is 12.2 Å². The van der Waals surface area contributed by atoms with E-state index in [1.54, 1.807) is 11.8 Å². The first-order valence-electron chi connectivity index (χ1n) is 7.00. The predicted octanol–water partition coefficient (Wildman–Crippen LogP) is 2.39. The van der Waals surface area contributed by atoms with Crippen molar-refractivity contribution in [1.82, 2.24) is 4.90 Å². The van der Waals surface area contributed by atoms with Gasteiger partial charge in [0.05, 0.1) is 5.75 Å². The predicted molar refractivity (Wildman–Crippen MR) is 77.8 cm³/mol. The second-order valence-electron chi connectivity index (χ2n) is 5.64. The van der Waals surface area contributed by atoms with E-state index in [2.05, 4.69) is 6.92 Å². The number of aliphatic hydroxyl groups excluding tert-OH is 1. The molecule has 1 saturated carbocycles. The maximum absolute atomic E-state index is 12.1. The van der Waals surface area contributed by atoms with Crippen molar-refractivity contribution in [3.8, 4) is 0 Å². The average molecular weight is 273 g/mol. The largest absolute Gasteiger partial charge is 0.396 e. The average Bonchev–Trinajstić information content (AvgIpc) is 2.38. The summed E-state index contributed by atoms with van der Waals surface area (Å²) >= 11 is 1.64. The van der Waals surface area contributed by atoms with Crippen LogP contribution in [0.3, 0.4) is 0 Å². The van der Waals surface area contributed by atoms with Crippen molar-refractivity contribution in [3.63, 3.8) is 0 Å². The SMILES string of the molecule is CC(CO)CSCC(=O)N(C)C1CCCCC1C. The molecule has 106 valence electrons. The molecule has 3 nitrogen and oxygen atoms in total. The van der Waals surface area contributed by atoms with Gasteiger partial charge in [-0.2, -0.15) is 11.8 Å². The second-order valence-corrected chi connectivity index (χ2v) is 6.67. The summed E-state index contributed by atoms with van der Waals surface area (Å²) in [5, 5.41) is 8.94. The first-order valence-corrected chi connectivity index (χ1v) is 8.16. The molecule has 18 heavy (non-hydrogen) atoms. The quantitative estimate of drug-likeness (QED) is 0.808. The van der Waals surface area contributed by atoms with Gasteiger partial charge in [-0.1, -0.05) is 26.7 Å². The van der Waals surface area contributed by atoms with Crippen LogP contribution in [0.5, 0.6) is 0 Å². The molecular weight excluding hydrogens is 246 g/mol. The minimum absolute atomic E-state index is 0.205. The standard InChI is InChI=1S/C14H27NO2S/c1-11(8-16)9-18-10-14(17)15(3)13-7-5-4-6-12(13)2/h11-13,16H,4-10H2,1-3H3. The van der Waals surface area contributed by atoms with Crippen LogP contribution in [0.1, 0.15) is 39.5 Å². The molecule has 3 unspecified atom stereocenters. The van der Waals surface area contributed by atoms with E-state index in [1.807, 2.05) is 18.9 Å². The summed E-state index contributed by atoms with van der Waals surface area (Å²) in [5.74, 6) is 2.56. The van der Waals surface area contributed by atoms with Gasteiger partial charge in [-0.15, -0.1) is 0 Å². The van der Waals surface area contributed by atoms with Crippen LogP contribution in [-0.2, 0) is 4.79 Å². The van der Waals surface area contributed by atoms with Crippen LogP contribution in [0.4, 0.5) is 0 Å². The molecule has 0 saturated heterocycles. The van der Waals surface area contributed by atoms with E-state index in [9.17, 15) is 4.79 Å². The summed E-state index contributed by atoms with van der Waals surface area (Å²) in [7, 11) is 1.95. The number of carbonyl (C=O) groups excluding carboxylic acids is 1. The van der Waals surface area contributed by atoms with Gasteiger partial charge in [-0.05, 0) is 30.4 Å². The van der Waals surface area contributed by atoms with Crippen LogP contribution in [0, 0.1) is 11.8 Å². The Morgan fingerprint density at radius 3 is 2.72 bits per heavy atom. The van der Waals surface area contributed by atoms with Crippen LogP contribution in [-0.4, -0.2) is 47.1 Å². The lowest BCUT2D eigenvalue weighted by atomic mass is 9.85. The highest BCUT2D eigenvalue weighted by atomic mass is 32.2. The summed E-state index contributed by atoms with van der Waals surface area (Å²) in [4.78, 5) is 14.1. The van der Waals surface area contributed by atoms with Gasteiger partial charge in [0.2, 0.25) is 5.91 Å². The Balaban J connectivity index is 2.31. The van der Waals surface area contributed by atoms with Crippen LogP contribution in [0.2, 0.25) is 0 Å². The van der Waals surface area contributed by atoms with Crippen molar-refractivity contribution in [2.75, 3.05) is 25.2 Å². The van der Waals surface area contributed by atoms with E-state index in [1.165, 1.54) is 19.3 Å². The third-order valence-electron chi connectivity index (χ3n) is 3.90. The Labute approximate surface area is 115 Å². The molecule has 0 bridgehead atoms. The molecule has 0 aliphatic heterocycles. The Morgan fingerprint density at radius 1 is 1.44 bits per heavy atom. The third kappa shape index (κ3) is 4.81. The fraction of sp³-hybridized carbons (Fsp3) is 0.929. The number of nitrogens with zero attached hydrogens (tertiary/aromatic N) is 1. The Kier molecular flexibility index (Phi) is 7.08. The summed E-state index contributed by atoms with van der Waals surface area (Å²) in [6.07, 6.45) is 4.96. The molecule has 0 aromatic rings. The first-order chi connectivity index (χ1) is 8.56. The highest BCUT2D eigenvalue weighted by Crippen LogP contribution is 2.27. The fourth-order valence-electron chi connectivity index (χ4n) is 2.56. The summed E-state index contributed by atoms with van der Waals surface area (Å²) in [6, 6.07) is 0.433. The number of thioether (sulfide) groups is 1. The molecule has 0 heterocycles. The highest BCUT2D eigenvalue weighted by molar-refractivity contribution is 7.99. The lowest BCUT2D eigenvalue weighted by Gasteiger charge is -2.36. The van der Waals surface area contributed by atoms with E-state index in [-0.39, 0.29) is 18.4 Å².